The van der Waals surface area contributed by atoms with Crippen LogP contribution in [0.25, 0.3) is 0 Å². The molecule has 7 nitrogen and oxygen atoms in total. The molecular formula is C28H31ClFN5O2. The van der Waals surface area contributed by atoms with E-state index < -0.39 is 5.82 Å². The highest BCUT2D eigenvalue weighted by atomic mass is 35.5. The van der Waals surface area contributed by atoms with E-state index in [1.165, 1.54) is 12.1 Å². The molecule has 2 fully saturated rings. The first-order valence-corrected chi connectivity index (χ1v) is 13.1. The van der Waals surface area contributed by atoms with Gasteiger partial charge in [0.1, 0.15) is 5.82 Å². The molecule has 0 saturated carbocycles. The number of likely N-dealkylation sites (tertiary alicyclic amines) is 2. The Balaban J connectivity index is 1.14. The third-order valence-electron chi connectivity index (χ3n) is 7.47. The average Bonchev–Trinajstić information content (AvgIpc) is 3.63. The molecule has 2 saturated heterocycles. The Kier molecular flexibility index (Phi) is 7.86. The lowest BCUT2D eigenvalue weighted by molar-refractivity contribution is -0.121. The molecule has 2 unspecified atom stereocenters. The smallest absolute Gasteiger partial charge is 0.258 e. The van der Waals surface area contributed by atoms with Crippen LogP contribution in [0.5, 0.6) is 0 Å². The second-order valence-electron chi connectivity index (χ2n) is 9.98. The molecule has 2 amide bonds. The number of fused-ring (bicyclic) bond motifs is 1. The van der Waals surface area contributed by atoms with Crippen molar-refractivity contribution in [1.82, 2.24) is 25.1 Å². The normalized spacial score (nSPS) is 20.1. The van der Waals surface area contributed by atoms with Crippen LogP contribution in [-0.2, 0) is 11.2 Å². The monoisotopic (exact) mass is 523 g/mol. The third kappa shape index (κ3) is 6.02. The van der Waals surface area contributed by atoms with Crippen LogP contribution in [0.2, 0.25) is 5.02 Å². The summed E-state index contributed by atoms with van der Waals surface area (Å²) in [6.45, 7) is 3.83. The minimum atomic E-state index is -0.574. The zero-order valence-corrected chi connectivity index (χ0v) is 21.3. The molecule has 0 aliphatic carbocycles. The van der Waals surface area contributed by atoms with Gasteiger partial charge >= 0.3 is 0 Å². The molecule has 194 valence electrons. The van der Waals surface area contributed by atoms with Crippen molar-refractivity contribution in [3.63, 3.8) is 0 Å². The maximum absolute atomic E-state index is 14.3. The molecule has 1 aromatic heterocycles. The van der Waals surface area contributed by atoms with E-state index in [1.807, 2.05) is 18.2 Å². The highest BCUT2D eigenvalue weighted by Gasteiger charge is 2.42. The van der Waals surface area contributed by atoms with Crippen LogP contribution < -0.4 is 5.32 Å². The fraction of sp³-hybridized carbons (Fsp3) is 0.393. The second kappa shape index (κ2) is 11.4. The van der Waals surface area contributed by atoms with Gasteiger partial charge in [0.25, 0.3) is 5.91 Å². The van der Waals surface area contributed by atoms with Gasteiger partial charge in [-0.1, -0.05) is 48.0 Å². The van der Waals surface area contributed by atoms with Gasteiger partial charge in [0.05, 0.1) is 23.0 Å². The van der Waals surface area contributed by atoms with Gasteiger partial charge in [0.15, 0.2) is 0 Å². The number of H-pyrrole nitrogens is 1. The second-order valence-corrected chi connectivity index (χ2v) is 10.4. The maximum Gasteiger partial charge on any atom is 0.258 e. The number of rotatable bonds is 9. The van der Waals surface area contributed by atoms with E-state index in [9.17, 15) is 14.0 Å². The molecule has 3 atom stereocenters. The number of hydrogen-bond donors (Lipinski definition) is 2. The first-order chi connectivity index (χ1) is 18.0. The fourth-order valence-corrected chi connectivity index (χ4v) is 5.80. The van der Waals surface area contributed by atoms with Crippen LogP contribution in [0.1, 0.15) is 40.5 Å². The van der Waals surface area contributed by atoms with Crippen molar-refractivity contribution in [2.45, 2.75) is 25.3 Å². The number of imidazole rings is 1. The van der Waals surface area contributed by atoms with Crippen molar-refractivity contribution < 1.29 is 14.0 Å². The molecule has 2 aliphatic rings. The SMILES string of the molecule is O=C(CCc1cnc[nH]1)NC(CCN1CC2CN(C(=O)c3c(F)cccc3Cl)C[C@@H]2C1)c1ccccc1. The Hall–Kier alpha value is -3.23. The van der Waals surface area contributed by atoms with Gasteiger partial charge < -0.3 is 20.1 Å². The Morgan fingerprint density at radius 2 is 1.84 bits per heavy atom. The van der Waals surface area contributed by atoms with Gasteiger partial charge in [0, 0.05) is 51.0 Å². The third-order valence-corrected chi connectivity index (χ3v) is 7.79. The van der Waals surface area contributed by atoms with Crippen molar-refractivity contribution >= 4 is 23.4 Å². The first-order valence-electron chi connectivity index (χ1n) is 12.7. The number of benzene rings is 2. The van der Waals surface area contributed by atoms with Gasteiger partial charge in [-0.15, -0.1) is 0 Å². The van der Waals surface area contributed by atoms with Crippen LogP contribution in [0.15, 0.2) is 61.1 Å². The summed E-state index contributed by atoms with van der Waals surface area (Å²) >= 11 is 6.12. The van der Waals surface area contributed by atoms with Crippen LogP contribution in [0.3, 0.4) is 0 Å². The quantitative estimate of drug-likeness (QED) is 0.443. The number of nitrogens with zero attached hydrogens (tertiary/aromatic N) is 3. The predicted octanol–water partition coefficient (Wildman–Crippen LogP) is 4.09. The zero-order valence-electron chi connectivity index (χ0n) is 20.6. The lowest BCUT2D eigenvalue weighted by atomic mass is 10.0. The summed E-state index contributed by atoms with van der Waals surface area (Å²) < 4.78 is 14.3. The van der Waals surface area contributed by atoms with E-state index >= 15 is 0 Å². The molecule has 9 heteroatoms. The molecular weight excluding hydrogens is 493 g/mol. The minimum absolute atomic E-state index is 0.0164. The van der Waals surface area contributed by atoms with Crippen molar-refractivity contribution in [2.75, 3.05) is 32.7 Å². The van der Waals surface area contributed by atoms with Gasteiger partial charge in [-0.3, -0.25) is 9.59 Å². The number of aromatic nitrogens is 2. The van der Waals surface area contributed by atoms with Crippen LogP contribution in [0.4, 0.5) is 4.39 Å². The topological polar surface area (TPSA) is 81.3 Å². The van der Waals surface area contributed by atoms with Gasteiger partial charge in [-0.2, -0.15) is 0 Å². The molecule has 2 aliphatic heterocycles. The standard InChI is InChI=1S/C28H31ClFN5O2/c29-23-7-4-8-24(30)27(23)28(37)35-16-20-14-34(15-21(20)17-35)12-11-25(19-5-2-1-3-6-19)33-26(36)10-9-22-13-31-18-32-22/h1-8,13,18,20-21,25H,9-12,14-17H2,(H,31,32)(H,33,36)/t20-,21?,25?/m0/s1. The summed E-state index contributed by atoms with van der Waals surface area (Å²) in [4.78, 5) is 36.9. The number of hydrogen-bond acceptors (Lipinski definition) is 4. The molecule has 2 aromatic carbocycles. The first kappa shape index (κ1) is 25.4. The number of halogens is 2. The summed E-state index contributed by atoms with van der Waals surface area (Å²) in [6, 6.07) is 14.3. The zero-order chi connectivity index (χ0) is 25.8. The maximum atomic E-state index is 14.3. The van der Waals surface area contributed by atoms with Crippen LogP contribution in [0, 0.1) is 17.7 Å². The number of aromatic amines is 1. The molecule has 5 rings (SSSR count). The molecule has 37 heavy (non-hydrogen) atoms. The number of carbonyl (C=O) groups excluding carboxylic acids is 2. The molecule has 0 spiro atoms. The van der Waals surface area contributed by atoms with Crippen molar-refractivity contribution in [3.05, 3.63) is 88.7 Å². The Bertz CT molecular complexity index is 1190. The van der Waals surface area contributed by atoms with Crippen molar-refractivity contribution in [1.29, 1.82) is 0 Å². The average molecular weight is 524 g/mol. The summed E-state index contributed by atoms with van der Waals surface area (Å²) in [5.41, 5.74) is 2.00. The minimum Gasteiger partial charge on any atom is -0.349 e. The van der Waals surface area contributed by atoms with E-state index in [0.717, 1.165) is 37.3 Å². The molecule has 2 N–H and O–H groups in total. The van der Waals surface area contributed by atoms with E-state index in [4.69, 9.17) is 11.6 Å². The Morgan fingerprint density at radius 3 is 2.51 bits per heavy atom. The largest absolute Gasteiger partial charge is 0.349 e. The fourth-order valence-electron chi connectivity index (χ4n) is 5.55. The Morgan fingerprint density at radius 1 is 1.08 bits per heavy atom. The molecule has 0 radical (unpaired) electrons. The number of nitrogens with one attached hydrogen (secondary N) is 2. The lowest BCUT2D eigenvalue weighted by Gasteiger charge is -2.25. The number of aryl methyl sites for hydroxylation is 1. The molecule has 3 heterocycles. The molecule has 0 bridgehead atoms. The summed E-state index contributed by atoms with van der Waals surface area (Å²) in [7, 11) is 0. The van der Waals surface area contributed by atoms with Gasteiger partial charge in [-0.25, -0.2) is 9.37 Å². The van der Waals surface area contributed by atoms with E-state index in [1.54, 1.807) is 23.5 Å². The van der Waals surface area contributed by atoms with Gasteiger partial charge in [-0.05, 0) is 42.4 Å². The predicted molar refractivity (Wildman–Crippen MR) is 140 cm³/mol. The summed E-state index contributed by atoms with van der Waals surface area (Å²) in [5, 5.41) is 3.37. The highest BCUT2D eigenvalue weighted by Crippen LogP contribution is 2.33. The summed E-state index contributed by atoms with van der Waals surface area (Å²) in [5.74, 6) is -0.175. The van der Waals surface area contributed by atoms with Crippen LogP contribution >= 0.6 is 11.6 Å². The Labute approximate surface area is 221 Å². The van der Waals surface area contributed by atoms with Gasteiger partial charge in [0.2, 0.25) is 5.91 Å². The van der Waals surface area contributed by atoms with E-state index in [0.29, 0.717) is 37.8 Å². The van der Waals surface area contributed by atoms with E-state index in [2.05, 4.69) is 32.3 Å². The summed E-state index contributed by atoms with van der Waals surface area (Å²) in [6.07, 6.45) is 5.18. The lowest BCUT2D eigenvalue weighted by Crippen LogP contribution is -2.35. The van der Waals surface area contributed by atoms with Crippen molar-refractivity contribution in [3.8, 4) is 0 Å². The molecule has 3 aromatic rings. The number of amides is 2. The highest BCUT2D eigenvalue weighted by molar-refractivity contribution is 6.33. The van der Waals surface area contributed by atoms with Crippen molar-refractivity contribution in [2.24, 2.45) is 11.8 Å². The number of carbonyl (C=O) groups is 2. The van der Waals surface area contributed by atoms with E-state index in [-0.39, 0.29) is 28.4 Å². The van der Waals surface area contributed by atoms with Crippen LogP contribution in [-0.4, -0.2) is 64.3 Å².